The molecule has 0 aliphatic carbocycles. The number of anilines is 1. The van der Waals surface area contributed by atoms with Crippen molar-refractivity contribution in [3.05, 3.63) is 23.8 Å². The fraction of sp³-hybridized carbons (Fsp3) is 0.375. The van der Waals surface area contributed by atoms with E-state index in [4.69, 9.17) is 20.6 Å². The normalized spacial score (nSPS) is 13.7. The van der Waals surface area contributed by atoms with E-state index in [9.17, 15) is 0 Å². The molecule has 2 aromatic rings. The van der Waals surface area contributed by atoms with Crippen LogP contribution in [0.4, 0.5) is 5.82 Å². The fourth-order valence-corrected chi connectivity index (χ4v) is 2.89. The van der Waals surface area contributed by atoms with Gasteiger partial charge in [0, 0.05) is 23.7 Å². The van der Waals surface area contributed by atoms with Gasteiger partial charge in [0.25, 0.3) is 0 Å². The predicted octanol–water partition coefficient (Wildman–Crippen LogP) is 2.06. The Morgan fingerprint density at radius 2 is 2.13 bits per heavy atom. The SMILES string of the molecule is COc1ccc(-c2nn(C(=N)N)c3c2CCCCN3)c(OC)c1. The maximum Gasteiger partial charge on any atom is 0.215 e. The summed E-state index contributed by atoms with van der Waals surface area (Å²) in [6.45, 7) is 0.852. The van der Waals surface area contributed by atoms with Crippen molar-refractivity contribution in [3.8, 4) is 22.8 Å². The second kappa shape index (κ2) is 6.20. The van der Waals surface area contributed by atoms with Crippen molar-refractivity contribution in [1.29, 1.82) is 5.41 Å². The van der Waals surface area contributed by atoms with E-state index < -0.39 is 0 Å². The first-order valence-corrected chi connectivity index (χ1v) is 7.58. The third-order valence-corrected chi connectivity index (χ3v) is 4.02. The lowest BCUT2D eigenvalue weighted by atomic mass is 10.0. The average molecular weight is 315 g/mol. The molecule has 1 aliphatic rings. The Kier molecular flexibility index (Phi) is 4.10. The van der Waals surface area contributed by atoms with Crippen LogP contribution in [-0.2, 0) is 6.42 Å². The minimum Gasteiger partial charge on any atom is -0.497 e. The van der Waals surface area contributed by atoms with Crippen LogP contribution in [0.15, 0.2) is 18.2 Å². The van der Waals surface area contributed by atoms with E-state index in [1.807, 2.05) is 18.2 Å². The molecule has 0 spiro atoms. The molecule has 0 bridgehead atoms. The van der Waals surface area contributed by atoms with Gasteiger partial charge in [-0.1, -0.05) is 0 Å². The number of hydrogen-bond acceptors (Lipinski definition) is 5. The topological polar surface area (TPSA) is 98.2 Å². The quantitative estimate of drug-likeness (QED) is 0.595. The minimum atomic E-state index is -0.102. The van der Waals surface area contributed by atoms with Crippen LogP contribution in [0.25, 0.3) is 11.3 Å². The molecule has 122 valence electrons. The van der Waals surface area contributed by atoms with Gasteiger partial charge in [-0.3, -0.25) is 5.41 Å². The molecule has 7 nitrogen and oxygen atoms in total. The molecule has 0 amide bonds. The van der Waals surface area contributed by atoms with E-state index in [0.29, 0.717) is 5.75 Å². The molecule has 3 rings (SSSR count). The number of methoxy groups -OCH3 is 2. The Morgan fingerprint density at radius 1 is 1.30 bits per heavy atom. The third kappa shape index (κ3) is 2.69. The maximum atomic E-state index is 7.77. The number of ether oxygens (including phenoxy) is 2. The highest BCUT2D eigenvalue weighted by Crippen LogP contribution is 2.38. The molecule has 0 unspecified atom stereocenters. The number of benzene rings is 1. The first-order chi connectivity index (χ1) is 11.2. The van der Waals surface area contributed by atoms with Crippen LogP contribution in [0.3, 0.4) is 0 Å². The van der Waals surface area contributed by atoms with Gasteiger partial charge in [0.15, 0.2) is 0 Å². The number of fused-ring (bicyclic) bond motifs is 1. The second-order valence-electron chi connectivity index (χ2n) is 5.42. The highest BCUT2D eigenvalue weighted by Gasteiger charge is 2.24. The smallest absolute Gasteiger partial charge is 0.215 e. The summed E-state index contributed by atoms with van der Waals surface area (Å²) in [5.74, 6) is 2.11. The van der Waals surface area contributed by atoms with Crippen molar-refractivity contribution < 1.29 is 9.47 Å². The molecule has 0 radical (unpaired) electrons. The molecule has 4 N–H and O–H groups in total. The Morgan fingerprint density at radius 3 is 2.83 bits per heavy atom. The van der Waals surface area contributed by atoms with Crippen LogP contribution in [0.5, 0.6) is 11.5 Å². The molecular formula is C16H21N5O2. The van der Waals surface area contributed by atoms with E-state index in [-0.39, 0.29) is 5.96 Å². The molecule has 0 atom stereocenters. The number of rotatable bonds is 3. The Hall–Kier alpha value is -2.70. The summed E-state index contributed by atoms with van der Waals surface area (Å²) in [6.07, 6.45) is 3.03. The van der Waals surface area contributed by atoms with Crippen LogP contribution in [0, 0.1) is 5.41 Å². The Bertz CT molecular complexity index is 738. The summed E-state index contributed by atoms with van der Waals surface area (Å²) in [5, 5.41) is 15.7. The minimum absolute atomic E-state index is 0.102. The lowest BCUT2D eigenvalue weighted by Crippen LogP contribution is -2.24. The maximum absolute atomic E-state index is 7.77. The number of nitrogens with zero attached hydrogens (tertiary/aromatic N) is 2. The van der Waals surface area contributed by atoms with Gasteiger partial charge in [0.1, 0.15) is 23.0 Å². The van der Waals surface area contributed by atoms with Gasteiger partial charge >= 0.3 is 0 Å². The highest BCUT2D eigenvalue weighted by molar-refractivity contribution is 5.85. The summed E-state index contributed by atoms with van der Waals surface area (Å²) >= 11 is 0. The molecule has 0 saturated carbocycles. The van der Waals surface area contributed by atoms with E-state index in [2.05, 4.69) is 10.4 Å². The lowest BCUT2D eigenvalue weighted by Gasteiger charge is -2.10. The number of nitrogens with one attached hydrogen (secondary N) is 2. The number of hydrogen-bond donors (Lipinski definition) is 3. The van der Waals surface area contributed by atoms with E-state index >= 15 is 0 Å². The van der Waals surface area contributed by atoms with Gasteiger partial charge < -0.3 is 20.5 Å². The summed E-state index contributed by atoms with van der Waals surface area (Å²) in [5.41, 5.74) is 8.42. The van der Waals surface area contributed by atoms with Gasteiger partial charge in [-0.15, -0.1) is 0 Å². The summed E-state index contributed by atoms with van der Waals surface area (Å²) in [6, 6.07) is 5.63. The van der Waals surface area contributed by atoms with Crippen molar-refractivity contribution >= 4 is 11.8 Å². The van der Waals surface area contributed by atoms with Crippen molar-refractivity contribution in [2.75, 3.05) is 26.1 Å². The zero-order chi connectivity index (χ0) is 16.4. The van der Waals surface area contributed by atoms with Gasteiger partial charge in [0.05, 0.1) is 14.2 Å². The van der Waals surface area contributed by atoms with Gasteiger partial charge in [-0.25, -0.2) is 0 Å². The van der Waals surface area contributed by atoms with E-state index in [1.165, 1.54) is 4.68 Å². The Labute approximate surface area is 134 Å². The summed E-state index contributed by atoms with van der Waals surface area (Å²) in [4.78, 5) is 0. The number of nitrogen functional groups attached to an aromatic ring is 1. The molecule has 0 fully saturated rings. The fourth-order valence-electron chi connectivity index (χ4n) is 2.89. The number of aromatic nitrogens is 2. The molecule has 0 saturated heterocycles. The third-order valence-electron chi connectivity index (χ3n) is 4.02. The monoisotopic (exact) mass is 315 g/mol. The zero-order valence-corrected chi connectivity index (χ0v) is 13.3. The van der Waals surface area contributed by atoms with Crippen LogP contribution in [-0.4, -0.2) is 36.5 Å². The van der Waals surface area contributed by atoms with Gasteiger partial charge in [0.2, 0.25) is 5.96 Å². The van der Waals surface area contributed by atoms with Crippen LogP contribution in [0.2, 0.25) is 0 Å². The van der Waals surface area contributed by atoms with Crippen molar-refractivity contribution in [2.45, 2.75) is 19.3 Å². The van der Waals surface area contributed by atoms with Crippen LogP contribution in [0.1, 0.15) is 18.4 Å². The predicted molar refractivity (Wildman–Crippen MR) is 89.5 cm³/mol. The molecule has 7 heteroatoms. The average Bonchev–Trinajstić information content (AvgIpc) is 2.76. The van der Waals surface area contributed by atoms with Crippen LogP contribution >= 0.6 is 0 Å². The molecular weight excluding hydrogens is 294 g/mol. The van der Waals surface area contributed by atoms with Gasteiger partial charge in [-0.05, 0) is 31.4 Å². The number of nitrogens with two attached hydrogens (primary N) is 1. The first-order valence-electron chi connectivity index (χ1n) is 7.58. The molecule has 2 heterocycles. The summed E-state index contributed by atoms with van der Waals surface area (Å²) < 4.78 is 12.2. The molecule has 1 aliphatic heterocycles. The second-order valence-corrected chi connectivity index (χ2v) is 5.42. The van der Waals surface area contributed by atoms with Crippen molar-refractivity contribution in [1.82, 2.24) is 9.78 Å². The lowest BCUT2D eigenvalue weighted by molar-refractivity contribution is 0.395. The molecule has 1 aromatic carbocycles. The highest BCUT2D eigenvalue weighted by atomic mass is 16.5. The first kappa shape index (κ1) is 15.2. The van der Waals surface area contributed by atoms with Gasteiger partial charge in [-0.2, -0.15) is 9.78 Å². The molecule has 1 aromatic heterocycles. The van der Waals surface area contributed by atoms with Crippen molar-refractivity contribution in [3.63, 3.8) is 0 Å². The van der Waals surface area contributed by atoms with Crippen molar-refractivity contribution in [2.24, 2.45) is 5.73 Å². The largest absolute Gasteiger partial charge is 0.497 e. The van der Waals surface area contributed by atoms with E-state index in [1.54, 1.807) is 14.2 Å². The standard InChI is InChI=1S/C16H21N5O2/c1-22-10-6-7-11(13(9-10)23-2)14-12-5-3-4-8-19-15(12)21(20-14)16(17)18/h6-7,9,19H,3-5,8H2,1-2H3,(H3,17,18). The summed E-state index contributed by atoms with van der Waals surface area (Å²) in [7, 11) is 3.24. The van der Waals surface area contributed by atoms with E-state index in [0.717, 1.165) is 54.2 Å². The zero-order valence-electron chi connectivity index (χ0n) is 13.3. The molecule has 23 heavy (non-hydrogen) atoms. The van der Waals surface area contributed by atoms with Crippen LogP contribution < -0.4 is 20.5 Å². The Balaban J connectivity index is 2.18.